The van der Waals surface area contributed by atoms with Gasteiger partial charge in [0.1, 0.15) is 5.54 Å². The molecule has 0 aromatic carbocycles. The molecule has 0 spiro atoms. The number of carbonyl (C=O) groups is 2. The molecular formula is C9H13NO4. The van der Waals surface area contributed by atoms with Crippen molar-refractivity contribution in [2.75, 3.05) is 0 Å². The van der Waals surface area contributed by atoms with Gasteiger partial charge < -0.3 is 15.9 Å². The molecule has 0 saturated heterocycles. The van der Waals surface area contributed by atoms with Crippen LogP contribution in [-0.2, 0) is 9.59 Å². The largest absolute Gasteiger partial charge is 0.481 e. The van der Waals surface area contributed by atoms with E-state index in [1.165, 1.54) is 0 Å². The van der Waals surface area contributed by atoms with Gasteiger partial charge in [0.2, 0.25) is 0 Å². The Morgan fingerprint density at radius 3 is 2.29 bits per heavy atom. The number of fused-ring (bicyclic) bond motifs is 1. The first kappa shape index (κ1) is 9.45. The SMILES string of the molecule is C[C@H]1C2[C@H](C(=O)O)C[C@@](N)(C(=O)O)[C@@H]21. The summed E-state index contributed by atoms with van der Waals surface area (Å²) in [5.74, 6) is -2.62. The van der Waals surface area contributed by atoms with Gasteiger partial charge in [0.05, 0.1) is 5.92 Å². The molecule has 14 heavy (non-hydrogen) atoms. The van der Waals surface area contributed by atoms with Crippen LogP contribution in [0.1, 0.15) is 13.3 Å². The zero-order valence-corrected chi connectivity index (χ0v) is 7.80. The Labute approximate surface area is 80.9 Å². The van der Waals surface area contributed by atoms with E-state index in [4.69, 9.17) is 15.9 Å². The van der Waals surface area contributed by atoms with E-state index in [0.29, 0.717) is 0 Å². The van der Waals surface area contributed by atoms with Crippen LogP contribution < -0.4 is 5.73 Å². The molecule has 2 aliphatic carbocycles. The number of aliphatic carboxylic acids is 2. The van der Waals surface area contributed by atoms with Gasteiger partial charge in [-0.1, -0.05) is 6.92 Å². The highest BCUT2D eigenvalue weighted by Crippen LogP contribution is 2.63. The lowest BCUT2D eigenvalue weighted by atomic mass is 9.88. The summed E-state index contributed by atoms with van der Waals surface area (Å²) in [4.78, 5) is 21.8. The Morgan fingerprint density at radius 1 is 1.43 bits per heavy atom. The average Bonchev–Trinajstić information content (AvgIpc) is 2.57. The second kappa shape index (κ2) is 2.48. The molecule has 0 aromatic rings. The van der Waals surface area contributed by atoms with Crippen LogP contribution in [0.3, 0.4) is 0 Å². The highest BCUT2D eigenvalue weighted by atomic mass is 16.4. The molecule has 1 unspecified atom stereocenters. The Hall–Kier alpha value is -1.10. The zero-order valence-electron chi connectivity index (χ0n) is 7.80. The molecule has 5 heteroatoms. The third-order valence-electron chi connectivity index (χ3n) is 3.78. The normalized spacial score (nSPS) is 49.9. The third kappa shape index (κ3) is 0.930. The fourth-order valence-corrected chi connectivity index (χ4v) is 3.04. The molecule has 5 atom stereocenters. The van der Waals surface area contributed by atoms with Crippen molar-refractivity contribution in [3.05, 3.63) is 0 Å². The van der Waals surface area contributed by atoms with Gasteiger partial charge in [-0.3, -0.25) is 9.59 Å². The van der Waals surface area contributed by atoms with Crippen molar-refractivity contribution >= 4 is 11.9 Å². The van der Waals surface area contributed by atoms with Crippen LogP contribution in [0, 0.1) is 23.7 Å². The number of hydrogen-bond acceptors (Lipinski definition) is 3. The van der Waals surface area contributed by atoms with Crippen LogP contribution in [0.25, 0.3) is 0 Å². The Balaban J connectivity index is 2.27. The molecule has 2 saturated carbocycles. The van der Waals surface area contributed by atoms with Crippen LogP contribution in [0.4, 0.5) is 0 Å². The Bertz CT molecular complexity index is 316. The molecule has 5 nitrogen and oxygen atoms in total. The molecule has 2 fully saturated rings. The molecule has 4 N–H and O–H groups in total. The van der Waals surface area contributed by atoms with Gasteiger partial charge in [0.15, 0.2) is 0 Å². The zero-order chi connectivity index (χ0) is 10.7. The summed E-state index contributed by atoms with van der Waals surface area (Å²) >= 11 is 0. The van der Waals surface area contributed by atoms with Gasteiger partial charge in [-0.05, 0) is 24.2 Å². The van der Waals surface area contributed by atoms with Crippen molar-refractivity contribution in [1.82, 2.24) is 0 Å². The summed E-state index contributed by atoms with van der Waals surface area (Å²) in [6.45, 7) is 1.87. The molecule has 0 aromatic heterocycles. The van der Waals surface area contributed by atoms with Gasteiger partial charge in [0.25, 0.3) is 0 Å². The van der Waals surface area contributed by atoms with Crippen molar-refractivity contribution in [2.45, 2.75) is 18.9 Å². The summed E-state index contributed by atoms with van der Waals surface area (Å²) in [6.07, 6.45) is 0.0668. The van der Waals surface area contributed by atoms with Crippen molar-refractivity contribution in [1.29, 1.82) is 0 Å². The molecule has 2 aliphatic rings. The minimum absolute atomic E-state index is 0.0337. The molecule has 0 heterocycles. The lowest BCUT2D eigenvalue weighted by Crippen LogP contribution is -2.50. The highest BCUT2D eigenvalue weighted by molar-refractivity contribution is 5.84. The second-order valence-electron chi connectivity index (χ2n) is 4.46. The summed E-state index contributed by atoms with van der Waals surface area (Å²) in [5.41, 5.74) is 4.43. The third-order valence-corrected chi connectivity index (χ3v) is 3.78. The predicted octanol–water partition coefficient (Wildman–Crippen LogP) is -0.245. The minimum atomic E-state index is -1.31. The topological polar surface area (TPSA) is 101 Å². The number of nitrogens with two attached hydrogens (primary N) is 1. The van der Waals surface area contributed by atoms with Gasteiger partial charge in [-0.2, -0.15) is 0 Å². The van der Waals surface area contributed by atoms with Crippen molar-refractivity contribution in [3.63, 3.8) is 0 Å². The van der Waals surface area contributed by atoms with E-state index < -0.39 is 23.4 Å². The van der Waals surface area contributed by atoms with Crippen LogP contribution in [0.2, 0.25) is 0 Å². The maximum Gasteiger partial charge on any atom is 0.324 e. The fourth-order valence-electron chi connectivity index (χ4n) is 3.04. The molecule has 0 amide bonds. The van der Waals surface area contributed by atoms with Gasteiger partial charge >= 0.3 is 11.9 Å². The first-order chi connectivity index (χ1) is 6.39. The highest BCUT2D eigenvalue weighted by Gasteiger charge is 2.70. The maximum absolute atomic E-state index is 11.0. The van der Waals surface area contributed by atoms with Crippen LogP contribution in [-0.4, -0.2) is 27.7 Å². The second-order valence-corrected chi connectivity index (χ2v) is 4.46. The maximum atomic E-state index is 11.0. The van der Waals surface area contributed by atoms with E-state index in [2.05, 4.69) is 0 Å². The molecule has 0 aliphatic heterocycles. The lowest BCUT2D eigenvalue weighted by Gasteiger charge is -2.22. The number of carboxylic acid groups (broad SMARTS) is 2. The lowest BCUT2D eigenvalue weighted by molar-refractivity contribution is -0.146. The molecule has 0 bridgehead atoms. The van der Waals surface area contributed by atoms with Crippen molar-refractivity contribution in [3.8, 4) is 0 Å². The standard InChI is InChI=1S/C9H13NO4/c1-3-5-4(7(11)12)2-9(10,6(3)5)8(13)14/h3-6H,2,10H2,1H3,(H,11,12)(H,13,14)/t3-,4+,5?,6+,9-/m0/s1. The summed E-state index contributed by atoms with van der Waals surface area (Å²) in [7, 11) is 0. The van der Waals surface area contributed by atoms with Crippen LogP contribution in [0.15, 0.2) is 0 Å². The van der Waals surface area contributed by atoms with Gasteiger partial charge in [-0.25, -0.2) is 0 Å². The summed E-state index contributed by atoms with van der Waals surface area (Å²) in [6, 6.07) is 0. The smallest absolute Gasteiger partial charge is 0.324 e. The van der Waals surface area contributed by atoms with E-state index in [1.807, 2.05) is 6.92 Å². The molecular weight excluding hydrogens is 186 g/mol. The first-order valence-electron chi connectivity index (χ1n) is 4.64. The summed E-state index contributed by atoms with van der Waals surface area (Å²) < 4.78 is 0. The van der Waals surface area contributed by atoms with Crippen molar-refractivity contribution < 1.29 is 19.8 Å². The first-order valence-corrected chi connectivity index (χ1v) is 4.64. The van der Waals surface area contributed by atoms with Gasteiger partial charge in [-0.15, -0.1) is 0 Å². The summed E-state index contributed by atoms with van der Waals surface area (Å²) in [5, 5.41) is 17.9. The number of hydrogen-bond donors (Lipinski definition) is 3. The van der Waals surface area contributed by atoms with Gasteiger partial charge in [0, 0.05) is 0 Å². The monoisotopic (exact) mass is 199 g/mol. The predicted molar refractivity (Wildman–Crippen MR) is 46.4 cm³/mol. The Kier molecular flexibility index (Phi) is 1.67. The van der Waals surface area contributed by atoms with E-state index in [-0.39, 0.29) is 24.2 Å². The van der Waals surface area contributed by atoms with E-state index >= 15 is 0 Å². The molecule has 2 rings (SSSR count). The van der Waals surface area contributed by atoms with E-state index in [1.54, 1.807) is 0 Å². The van der Waals surface area contributed by atoms with Crippen molar-refractivity contribution in [2.24, 2.45) is 29.4 Å². The molecule has 78 valence electrons. The minimum Gasteiger partial charge on any atom is -0.481 e. The van der Waals surface area contributed by atoms with E-state index in [0.717, 1.165) is 0 Å². The van der Waals surface area contributed by atoms with E-state index in [9.17, 15) is 9.59 Å². The number of rotatable bonds is 2. The Morgan fingerprint density at radius 2 is 2.00 bits per heavy atom. The van der Waals surface area contributed by atoms with Crippen LogP contribution in [0.5, 0.6) is 0 Å². The number of carboxylic acids is 2. The fraction of sp³-hybridized carbons (Fsp3) is 0.778. The molecule has 0 radical (unpaired) electrons. The van der Waals surface area contributed by atoms with Crippen LogP contribution >= 0.6 is 0 Å². The quantitative estimate of drug-likeness (QED) is 0.569. The average molecular weight is 199 g/mol.